The molecule has 9 heteroatoms. The second-order valence-corrected chi connectivity index (χ2v) is 7.09. The normalized spacial score (nSPS) is 11.0. The van der Waals surface area contributed by atoms with Crippen molar-refractivity contribution in [2.24, 2.45) is 16.8 Å². The van der Waals surface area contributed by atoms with Gasteiger partial charge in [0.2, 0.25) is 0 Å². The predicted octanol–water partition coefficient (Wildman–Crippen LogP) is 3.52. The van der Waals surface area contributed by atoms with E-state index in [1.165, 1.54) is 11.6 Å². The van der Waals surface area contributed by atoms with E-state index in [9.17, 15) is 0 Å². The number of carbonyl (C=O) groups excluding carboxylic acids is 1. The predicted molar refractivity (Wildman–Crippen MR) is 126 cm³/mol. The zero-order chi connectivity index (χ0) is 21.5. The van der Waals surface area contributed by atoms with E-state index in [-0.39, 0.29) is 0 Å². The number of fused-ring (bicyclic) bond motifs is 3. The van der Waals surface area contributed by atoms with Gasteiger partial charge in [-0.15, -0.1) is 11.3 Å². The highest BCUT2D eigenvalue weighted by Crippen LogP contribution is 2.35. The molecule has 8 nitrogen and oxygen atoms in total. The molecule has 0 radical (unpaired) electrons. The minimum atomic E-state index is 0.404. The van der Waals surface area contributed by atoms with E-state index >= 15 is 0 Å². The Morgan fingerprint density at radius 1 is 1.13 bits per heavy atom. The van der Waals surface area contributed by atoms with Gasteiger partial charge in [0.1, 0.15) is 12.1 Å². The van der Waals surface area contributed by atoms with Gasteiger partial charge in [-0.05, 0) is 42.6 Å². The molecule has 7 N–H and O–H groups in total. The first-order valence-corrected chi connectivity index (χ1v) is 10.0. The topological polar surface area (TPSA) is 130 Å². The number of hydrazone groups is 1. The molecule has 0 saturated carbocycles. The van der Waals surface area contributed by atoms with Gasteiger partial charge < -0.3 is 26.7 Å². The van der Waals surface area contributed by atoms with E-state index in [1.807, 2.05) is 49.5 Å². The molecule has 0 unspecified atom stereocenters. The average Bonchev–Trinajstić information content (AvgIpc) is 3.26. The van der Waals surface area contributed by atoms with Crippen LogP contribution in [0.4, 0.5) is 17.2 Å². The minimum Gasteiger partial charge on any atom is -0.388 e. The van der Waals surface area contributed by atoms with Crippen LogP contribution in [0, 0.1) is 0 Å². The molecule has 0 bridgehead atoms. The van der Waals surface area contributed by atoms with Crippen LogP contribution < -0.4 is 27.7 Å². The number of thiophene rings is 1. The van der Waals surface area contributed by atoms with Crippen molar-refractivity contribution >= 4 is 61.6 Å². The van der Waals surface area contributed by atoms with E-state index in [0.717, 1.165) is 45.3 Å². The zero-order valence-corrected chi connectivity index (χ0v) is 17.5. The van der Waals surface area contributed by atoms with Crippen LogP contribution in [0.1, 0.15) is 12.5 Å². The molecule has 154 valence electrons. The monoisotopic (exact) mass is 421 g/mol. The first kappa shape index (κ1) is 21.0. The molecule has 0 fully saturated rings. The van der Waals surface area contributed by atoms with Crippen LogP contribution in [0.5, 0.6) is 0 Å². The number of hydrazine groups is 1. The van der Waals surface area contributed by atoms with Gasteiger partial charge in [-0.2, -0.15) is 5.10 Å². The second kappa shape index (κ2) is 9.68. The van der Waals surface area contributed by atoms with Gasteiger partial charge in [-0.1, -0.05) is 18.2 Å². The van der Waals surface area contributed by atoms with E-state index in [1.54, 1.807) is 11.3 Å². The maximum absolute atomic E-state index is 8.81. The largest absolute Gasteiger partial charge is 0.388 e. The smallest absolute Gasteiger partial charge is 0.166 e. The van der Waals surface area contributed by atoms with Crippen LogP contribution in [-0.2, 0) is 4.79 Å². The van der Waals surface area contributed by atoms with E-state index < -0.39 is 0 Å². The molecular weight excluding hydrogens is 398 g/mol. The van der Waals surface area contributed by atoms with Crippen LogP contribution in [0.25, 0.3) is 21.0 Å². The van der Waals surface area contributed by atoms with Crippen LogP contribution >= 0.6 is 11.3 Å². The first-order valence-electron chi connectivity index (χ1n) is 9.15. The number of benzene rings is 2. The Morgan fingerprint density at radius 2 is 1.90 bits per heavy atom. The first-order chi connectivity index (χ1) is 14.6. The number of carbonyl (C=O) groups is 1. The number of amidine groups is 1. The van der Waals surface area contributed by atoms with Crippen molar-refractivity contribution in [2.75, 3.05) is 17.7 Å². The SMILES string of the molecule is CC=O.CNc1cccc(Nc2nc3cc(/C(=N/N)NN)ccc3c3sccc23)c1. The number of rotatable bonds is 4. The van der Waals surface area contributed by atoms with Gasteiger partial charge in [0, 0.05) is 39.5 Å². The number of aldehydes is 1. The number of aromatic nitrogens is 1. The van der Waals surface area contributed by atoms with Crippen molar-refractivity contribution in [3.05, 3.63) is 59.5 Å². The maximum atomic E-state index is 8.81. The van der Waals surface area contributed by atoms with E-state index in [0.29, 0.717) is 5.84 Å². The Labute approximate surface area is 178 Å². The maximum Gasteiger partial charge on any atom is 0.166 e. The summed E-state index contributed by atoms with van der Waals surface area (Å²) in [5.41, 5.74) is 6.12. The van der Waals surface area contributed by atoms with Crippen LogP contribution in [0.15, 0.2) is 59.0 Å². The lowest BCUT2D eigenvalue weighted by Crippen LogP contribution is -2.32. The fraction of sp³-hybridized carbons (Fsp3) is 0.0952. The number of nitrogens with two attached hydrogens (primary N) is 2. The number of hydrogen-bond donors (Lipinski definition) is 5. The molecule has 30 heavy (non-hydrogen) atoms. The molecule has 0 aliphatic rings. The molecule has 4 aromatic rings. The molecule has 0 saturated heterocycles. The summed E-state index contributed by atoms with van der Waals surface area (Å²) in [5, 5.41) is 14.5. The second-order valence-electron chi connectivity index (χ2n) is 6.17. The van der Waals surface area contributed by atoms with Crippen LogP contribution in [0.3, 0.4) is 0 Å². The fourth-order valence-electron chi connectivity index (χ4n) is 3.03. The Hall–Kier alpha value is -3.69. The summed E-state index contributed by atoms with van der Waals surface area (Å²) in [6.45, 7) is 1.44. The van der Waals surface area contributed by atoms with Gasteiger partial charge in [-0.3, -0.25) is 0 Å². The van der Waals surface area contributed by atoms with Crippen molar-refractivity contribution in [2.45, 2.75) is 6.92 Å². The van der Waals surface area contributed by atoms with Gasteiger partial charge in [0.15, 0.2) is 5.84 Å². The third kappa shape index (κ3) is 4.32. The molecule has 0 aliphatic carbocycles. The van der Waals surface area contributed by atoms with Crippen LogP contribution in [0.2, 0.25) is 0 Å². The molecular formula is C21H23N7OS. The van der Waals surface area contributed by atoms with E-state index in [4.69, 9.17) is 21.5 Å². The number of hydrogen-bond acceptors (Lipinski definition) is 8. The number of anilines is 3. The number of nitrogens with zero attached hydrogens (tertiary/aromatic N) is 2. The molecule has 2 aromatic heterocycles. The minimum absolute atomic E-state index is 0.404. The van der Waals surface area contributed by atoms with Crippen molar-refractivity contribution in [1.29, 1.82) is 0 Å². The average molecular weight is 422 g/mol. The molecule has 0 atom stereocenters. The summed E-state index contributed by atoms with van der Waals surface area (Å²) >= 11 is 1.69. The highest BCUT2D eigenvalue weighted by molar-refractivity contribution is 7.18. The summed E-state index contributed by atoms with van der Waals surface area (Å²) in [5.74, 6) is 12.1. The third-order valence-electron chi connectivity index (χ3n) is 4.35. The molecule has 4 rings (SSSR count). The zero-order valence-electron chi connectivity index (χ0n) is 16.6. The lowest BCUT2D eigenvalue weighted by molar-refractivity contribution is -0.106. The highest BCUT2D eigenvalue weighted by atomic mass is 32.1. The van der Waals surface area contributed by atoms with Crippen molar-refractivity contribution in [3.8, 4) is 0 Å². The summed E-state index contributed by atoms with van der Waals surface area (Å²) in [6.07, 6.45) is 0.750. The van der Waals surface area contributed by atoms with E-state index in [2.05, 4.69) is 32.6 Å². The third-order valence-corrected chi connectivity index (χ3v) is 5.30. The lowest BCUT2D eigenvalue weighted by Gasteiger charge is -2.11. The van der Waals surface area contributed by atoms with Gasteiger partial charge in [-0.25, -0.2) is 10.8 Å². The molecule has 0 amide bonds. The lowest BCUT2D eigenvalue weighted by atomic mass is 10.1. The summed E-state index contributed by atoms with van der Waals surface area (Å²) < 4.78 is 1.17. The standard InChI is InChI=1S/C19H19N7S.C2H4O/c1-22-12-3-2-4-13(10-12)23-19-15-7-8-27-17(15)14-6-5-11(9-16(14)24-19)18(25-20)26-21;1-2-3/h2-10,22H,20-21H2,1H3,(H,23,24)(H,25,26);2H,1H3. The quantitative estimate of drug-likeness (QED) is 0.112. The fourth-order valence-corrected chi connectivity index (χ4v) is 3.96. The van der Waals surface area contributed by atoms with Crippen LogP contribution in [-0.4, -0.2) is 24.2 Å². The van der Waals surface area contributed by atoms with Crippen molar-refractivity contribution in [1.82, 2.24) is 10.4 Å². The summed E-state index contributed by atoms with van der Waals surface area (Å²) in [6, 6.07) is 16.0. The molecule has 0 spiro atoms. The Bertz CT molecular complexity index is 1200. The Kier molecular flexibility index (Phi) is 6.79. The molecule has 0 aliphatic heterocycles. The van der Waals surface area contributed by atoms with Gasteiger partial charge in [0.05, 0.1) is 5.52 Å². The van der Waals surface area contributed by atoms with Crippen molar-refractivity contribution < 1.29 is 4.79 Å². The summed E-state index contributed by atoms with van der Waals surface area (Å²) in [4.78, 5) is 13.7. The Morgan fingerprint density at radius 3 is 2.60 bits per heavy atom. The number of pyridine rings is 1. The van der Waals surface area contributed by atoms with Gasteiger partial charge in [0.25, 0.3) is 0 Å². The van der Waals surface area contributed by atoms with Gasteiger partial charge >= 0.3 is 0 Å². The molecule has 2 aromatic carbocycles. The molecule has 2 heterocycles. The Balaban J connectivity index is 0.000000806. The van der Waals surface area contributed by atoms with Crippen molar-refractivity contribution in [3.63, 3.8) is 0 Å². The highest BCUT2D eigenvalue weighted by Gasteiger charge is 2.12. The number of nitrogens with one attached hydrogen (secondary N) is 3. The summed E-state index contributed by atoms with van der Waals surface area (Å²) in [7, 11) is 1.90.